The Hall–Kier alpha value is -1.59. The lowest BCUT2D eigenvalue weighted by Gasteiger charge is -2.43. The Labute approximate surface area is 178 Å². The summed E-state index contributed by atoms with van der Waals surface area (Å²) >= 11 is 1.71. The molecule has 2 saturated heterocycles. The van der Waals surface area contributed by atoms with Crippen molar-refractivity contribution >= 4 is 17.4 Å². The summed E-state index contributed by atoms with van der Waals surface area (Å²) in [5.41, 5.74) is -0.957. The van der Waals surface area contributed by atoms with Crippen molar-refractivity contribution < 1.29 is 14.6 Å². The Bertz CT molecular complexity index is 738. The molecule has 3 rings (SSSR count). The van der Waals surface area contributed by atoms with Gasteiger partial charge in [-0.25, -0.2) is 4.79 Å². The summed E-state index contributed by atoms with van der Waals surface area (Å²) in [6, 6.07) is 4.76. The maximum Gasteiger partial charge on any atom is 0.409 e. The predicted molar refractivity (Wildman–Crippen MR) is 116 cm³/mol. The number of carbonyl (C=O) groups is 1. The molecule has 2 aliphatic rings. The molecule has 0 unspecified atom stereocenters. The van der Waals surface area contributed by atoms with Crippen molar-refractivity contribution in [3.63, 3.8) is 0 Å². The van der Waals surface area contributed by atoms with E-state index in [-0.39, 0.29) is 6.09 Å². The normalized spacial score (nSPS) is 21.5. The number of piperazine rings is 1. The molecule has 160 valence electrons. The molecule has 2 fully saturated rings. The molecule has 0 saturated carbocycles. The second-order valence-corrected chi connectivity index (χ2v) is 9.50. The van der Waals surface area contributed by atoms with Crippen molar-refractivity contribution in [2.75, 3.05) is 45.9 Å². The van der Waals surface area contributed by atoms with Gasteiger partial charge in [0, 0.05) is 50.2 Å². The molecule has 2 aliphatic heterocycles. The maximum atomic E-state index is 11.9. The number of likely N-dealkylation sites (tertiary alicyclic amines) is 1. The first kappa shape index (κ1) is 22.1. The van der Waals surface area contributed by atoms with Gasteiger partial charge in [0.2, 0.25) is 0 Å². The highest BCUT2D eigenvalue weighted by Gasteiger charge is 2.29. The fourth-order valence-electron chi connectivity index (χ4n) is 3.92. The highest BCUT2D eigenvalue weighted by molar-refractivity contribution is 7.12. The molecule has 1 aromatic rings. The quantitative estimate of drug-likeness (QED) is 0.761. The summed E-state index contributed by atoms with van der Waals surface area (Å²) in [7, 11) is 0. The van der Waals surface area contributed by atoms with Crippen LogP contribution in [0.2, 0.25) is 0 Å². The zero-order chi connectivity index (χ0) is 20.9. The van der Waals surface area contributed by atoms with E-state index in [0.717, 1.165) is 50.7 Å². The van der Waals surface area contributed by atoms with Gasteiger partial charge in [-0.15, -0.1) is 11.3 Å². The number of piperidine rings is 1. The smallest absolute Gasteiger partial charge is 0.409 e. The van der Waals surface area contributed by atoms with Crippen LogP contribution in [0.3, 0.4) is 0 Å². The van der Waals surface area contributed by atoms with Crippen LogP contribution in [0.25, 0.3) is 0 Å². The monoisotopic (exact) mass is 419 g/mol. The Balaban J connectivity index is 1.49. The first-order chi connectivity index (χ1) is 13.8. The number of thiophene rings is 1. The fraction of sp³-hybridized carbons (Fsp3) is 0.682. The van der Waals surface area contributed by atoms with E-state index in [0.29, 0.717) is 12.6 Å². The summed E-state index contributed by atoms with van der Waals surface area (Å²) in [6.07, 6.45) is 2.25. The standard InChI is InChI=1S/C22H33N3O3S/c1-4-28-21(26)25-14-12-24(13-15-25)18-6-5-11-23(16-18)17-20-8-7-19(29-20)9-10-22(2,3)27/h7-8,18,27H,4-6,11-17H2,1-3H3/t18-/m1/s1. The largest absolute Gasteiger partial charge is 0.450 e. The molecule has 1 atom stereocenters. The third kappa shape index (κ3) is 6.71. The van der Waals surface area contributed by atoms with Gasteiger partial charge in [0.05, 0.1) is 11.5 Å². The van der Waals surface area contributed by atoms with Crippen molar-refractivity contribution in [1.82, 2.24) is 14.7 Å². The fourth-order valence-corrected chi connectivity index (χ4v) is 4.83. The third-order valence-electron chi connectivity index (χ3n) is 5.37. The van der Waals surface area contributed by atoms with Gasteiger partial charge in [-0.1, -0.05) is 11.8 Å². The van der Waals surface area contributed by atoms with Crippen LogP contribution in [0.1, 0.15) is 43.4 Å². The molecule has 0 spiro atoms. The van der Waals surface area contributed by atoms with Crippen LogP contribution in [0.5, 0.6) is 0 Å². The van der Waals surface area contributed by atoms with Gasteiger partial charge in [0.1, 0.15) is 5.60 Å². The number of carbonyl (C=O) groups excluding carboxylic acids is 1. The number of amides is 1. The van der Waals surface area contributed by atoms with E-state index in [1.165, 1.54) is 17.7 Å². The van der Waals surface area contributed by atoms with Gasteiger partial charge in [-0.05, 0) is 52.3 Å². The number of nitrogens with zero attached hydrogens (tertiary/aromatic N) is 3. The van der Waals surface area contributed by atoms with E-state index in [1.54, 1.807) is 25.2 Å². The van der Waals surface area contributed by atoms with E-state index < -0.39 is 5.60 Å². The lowest BCUT2D eigenvalue weighted by Crippen LogP contribution is -2.55. The van der Waals surface area contributed by atoms with Gasteiger partial charge in [0.15, 0.2) is 0 Å². The Morgan fingerprint density at radius 3 is 2.72 bits per heavy atom. The van der Waals surface area contributed by atoms with Crippen LogP contribution >= 0.6 is 11.3 Å². The molecule has 6 nitrogen and oxygen atoms in total. The Kier molecular flexibility index (Phi) is 7.58. The number of hydrogen-bond donors (Lipinski definition) is 1. The molecule has 1 amide bonds. The lowest BCUT2D eigenvalue weighted by atomic mass is 10.0. The topological polar surface area (TPSA) is 56.2 Å². The second kappa shape index (κ2) is 9.94. The van der Waals surface area contributed by atoms with Gasteiger partial charge in [0.25, 0.3) is 0 Å². The summed E-state index contributed by atoms with van der Waals surface area (Å²) in [4.78, 5) is 21.1. The van der Waals surface area contributed by atoms with Gasteiger partial charge in [-0.3, -0.25) is 9.80 Å². The van der Waals surface area contributed by atoms with Crippen LogP contribution in [0.15, 0.2) is 12.1 Å². The van der Waals surface area contributed by atoms with E-state index in [4.69, 9.17) is 4.74 Å². The summed E-state index contributed by atoms with van der Waals surface area (Å²) < 4.78 is 5.12. The highest BCUT2D eigenvalue weighted by Crippen LogP contribution is 2.23. The van der Waals surface area contributed by atoms with Crippen molar-refractivity contribution in [2.24, 2.45) is 0 Å². The summed E-state index contributed by atoms with van der Waals surface area (Å²) in [5, 5.41) is 9.76. The predicted octanol–water partition coefficient (Wildman–Crippen LogP) is 2.61. The van der Waals surface area contributed by atoms with Gasteiger partial charge in [-0.2, -0.15) is 0 Å². The number of ether oxygens (including phenoxy) is 1. The van der Waals surface area contributed by atoms with E-state index in [1.807, 2.05) is 11.8 Å². The molecular weight excluding hydrogens is 386 g/mol. The highest BCUT2D eigenvalue weighted by atomic mass is 32.1. The van der Waals surface area contributed by atoms with E-state index >= 15 is 0 Å². The Morgan fingerprint density at radius 2 is 2.03 bits per heavy atom. The molecule has 1 N–H and O–H groups in total. The minimum atomic E-state index is -0.957. The van der Waals surface area contributed by atoms with Crippen molar-refractivity contribution in [1.29, 1.82) is 0 Å². The summed E-state index contributed by atoms with van der Waals surface area (Å²) in [6.45, 7) is 12.2. The SMILES string of the molecule is CCOC(=O)N1CCN([C@@H]2CCCN(Cc3ccc(C#CC(C)(C)O)s3)C2)CC1. The van der Waals surface area contributed by atoms with Crippen molar-refractivity contribution in [2.45, 2.75) is 51.8 Å². The van der Waals surface area contributed by atoms with Crippen LogP contribution < -0.4 is 0 Å². The molecule has 0 radical (unpaired) electrons. The molecule has 3 heterocycles. The number of rotatable bonds is 4. The zero-order valence-electron chi connectivity index (χ0n) is 17.8. The minimum Gasteiger partial charge on any atom is -0.450 e. The van der Waals surface area contributed by atoms with Crippen molar-refractivity contribution in [3.8, 4) is 11.8 Å². The molecule has 1 aromatic heterocycles. The Morgan fingerprint density at radius 1 is 1.28 bits per heavy atom. The van der Waals surface area contributed by atoms with Gasteiger partial charge >= 0.3 is 6.09 Å². The zero-order valence-corrected chi connectivity index (χ0v) is 18.6. The van der Waals surface area contributed by atoms with Crippen LogP contribution in [-0.2, 0) is 11.3 Å². The molecule has 29 heavy (non-hydrogen) atoms. The molecule has 0 aromatic carbocycles. The maximum absolute atomic E-state index is 11.9. The van der Waals surface area contributed by atoms with Crippen LogP contribution in [0, 0.1) is 11.8 Å². The second-order valence-electron chi connectivity index (χ2n) is 8.33. The molecule has 0 bridgehead atoms. The molecule has 0 aliphatic carbocycles. The van der Waals surface area contributed by atoms with E-state index in [2.05, 4.69) is 33.8 Å². The van der Waals surface area contributed by atoms with Crippen LogP contribution in [-0.4, -0.2) is 83.4 Å². The number of aliphatic hydroxyl groups is 1. The molecule has 7 heteroatoms. The first-order valence-corrected chi connectivity index (χ1v) is 11.4. The average molecular weight is 420 g/mol. The van der Waals surface area contributed by atoms with Crippen molar-refractivity contribution in [3.05, 3.63) is 21.9 Å². The van der Waals surface area contributed by atoms with Crippen LogP contribution in [0.4, 0.5) is 4.79 Å². The summed E-state index contributed by atoms with van der Waals surface area (Å²) in [5.74, 6) is 5.96. The lowest BCUT2D eigenvalue weighted by molar-refractivity contribution is 0.0414. The van der Waals surface area contributed by atoms with E-state index in [9.17, 15) is 9.90 Å². The van der Waals surface area contributed by atoms with Gasteiger partial charge < -0.3 is 14.7 Å². The molecular formula is C22H33N3O3S. The number of hydrogen-bond acceptors (Lipinski definition) is 6. The minimum absolute atomic E-state index is 0.182. The average Bonchev–Trinajstić information content (AvgIpc) is 3.14. The third-order valence-corrected chi connectivity index (χ3v) is 6.36. The first-order valence-electron chi connectivity index (χ1n) is 10.6.